The number of carbonyl (C=O) groups excluding carboxylic acids is 1. The van der Waals surface area contributed by atoms with Crippen LogP contribution in [0.5, 0.6) is 0 Å². The van der Waals surface area contributed by atoms with E-state index in [0.717, 1.165) is 18.7 Å². The van der Waals surface area contributed by atoms with Gasteiger partial charge >= 0.3 is 0 Å². The number of carbonyl (C=O) groups is 1. The van der Waals surface area contributed by atoms with Gasteiger partial charge in [0.15, 0.2) is 0 Å². The Kier molecular flexibility index (Phi) is 6.72. The van der Waals surface area contributed by atoms with Gasteiger partial charge in [0, 0.05) is 42.8 Å². The molecule has 3 nitrogen and oxygen atoms in total. The summed E-state index contributed by atoms with van der Waals surface area (Å²) in [7, 11) is 1.75. The SMILES string of the molecule is CN(Cc1ccc(N2CCCCC2)cc1)C(=O)c1ccc(SC(F)F)cc1. The van der Waals surface area contributed by atoms with Crippen LogP contribution in [0.15, 0.2) is 53.4 Å². The van der Waals surface area contributed by atoms with Crippen molar-refractivity contribution in [2.45, 2.75) is 36.5 Å². The Morgan fingerprint density at radius 3 is 2.26 bits per heavy atom. The van der Waals surface area contributed by atoms with Crippen molar-refractivity contribution in [2.24, 2.45) is 0 Å². The van der Waals surface area contributed by atoms with Crippen molar-refractivity contribution >= 4 is 23.4 Å². The molecule has 0 unspecified atom stereocenters. The number of hydrogen-bond donors (Lipinski definition) is 0. The summed E-state index contributed by atoms with van der Waals surface area (Å²) in [5.74, 6) is -2.58. The van der Waals surface area contributed by atoms with E-state index in [4.69, 9.17) is 0 Å². The van der Waals surface area contributed by atoms with Crippen LogP contribution >= 0.6 is 11.8 Å². The lowest BCUT2D eigenvalue weighted by molar-refractivity contribution is 0.0785. The van der Waals surface area contributed by atoms with E-state index in [9.17, 15) is 13.6 Å². The third kappa shape index (κ3) is 5.45. The van der Waals surface area contributed by atoms with E-state index in [0.29, 0.717) is 28.8 Å². The van der Waals surface area contributed by atoms with Gasteiger partial charge in [0.2, 0.25) is 0 Å². The maximum absolute atomic E-state index is 12.6. The fourth-order valence-electron chi connectivity index (χ4n) is 3.31. The van der Waals surface area contributed by atoms with Gasteiger partial charge in [-0.2, -0.15) is 8.78 Å². The van der Waals surface area contributed by atoms with Gasteiger partial charge in [0.05, 0.1) is 0 Å². The number of thioether (sulfide) groups is 1. The Hall–Kier alpha value is -2.08. The van der Waals surface area contributed by atoms with Gasteiger partial charge < -0.3 is 9.80 Å². The van der Waals surface area contributed by atoms with E-state index in [1.807, 2.05) is 0 Å². The molecule has 0 radical (unpaired) electrons. The van der Waals surface area contributed by atoms with Crippen LogP contribution in [0.25, 0.3) is 0 Å². The van der Waals surface area contributed by atoms with E-state index in [2.05, 4.69) is 29.2 Å². The number of benzene rings is 2. The Morgan fingerprint density at radius 2 is 1.67 bits per heavy atom. The molecule has 2 aromatic carbocycles. The Balaban J connectivity index is 1.59. The average molecular weight is 390 g/mol. The molecule has 0 bridgehead atoms. The number of anilines is 1. The topological polar surface area (TPSA) is 23.6 Å². The van der Waals surface area contributed by atoms with E-state index in [1.165, 1.54) is 24.9 Å². The predicted octanol–water partition coefficient (Wildman–Crippen LogP) is 5.26. The van der Waals surface area contributed by atoms with Gasteiger partial charge in [-0.05, 0) is 61.2 Å². The number of hydrogen-bond acceptors (Lipinski definition) is 3. The van der Waals surface area contributed by atoms with Crippen LogP contribution in [-0.4, -0.2) is 36.7 Å². The molecule has 0 saturated carbocycles. The second-order valence-corrected chi connectivity index (χ2v) is 7.84. The van der Waals surface area contributed by atoms with Gasteiger partial charge in [0.25, 0.3) is 11.7 Å². The van der Waals surface area contributed by atoms with Crippen LogP contribution in [0.4, 0.5) is 14.5 Å². The molecule has 3 rings (SSSR count). The summed E-state index contributed by atoms with van der Waals surface area (Å²) >= 11 is 0.481. The van der Waals surface area contributed by atoms with Gasteiger partial charge in [-0.3, -0.25) is 4.79 Å². The highest BCUT2D eigenvalue weighted by molar-refractivity contribution is 7.99. The molecule has 0 aromatic heterocycles. The largest absolute Gasteiger partial charge is 0.372 e. The van der Waals surface area contributed by atoms with Crippen molar-refractivity contribution in [3.05, 3.63) is 59.7 Å². The summed E-state index contributed by atoms with van der Waals surface area (Å²) in [6.07, 6.45) is 3.80. The summed E-state index contributed by atoms with van der Waals surface area (Å²) in [6, 6.07) is 14.7. The third-order valence-corrected chi connectivity index (χ3v) is 5.47. The highest BCUT2D eigenvalue weighted by Crippen LogP contribution is 2.25. The van der Waals surface area contributed by atoms with Crippen LogP contribution in [0.1, 0.15) is 35.2 Å². The lowest BCUT2D eigenvalue weighted by atomic mass is 10.1. The highest BCUT2D eigenvalue weighted by atomic mass is 32.2. The smallest absolute Gasteiger partial charge is 0.288 e. The zero-order valence-electron chi connectivity index (χ0n) is 15.4. The molecule has 6 heteroatoms. The summed E-state index contributed by atoms with van der Waals surface area (Å²) < 4.78 is 24.8. The zero-order chi connectivity index (χ0) is 19.2. The zero-order valence-corrected chi connectivity index (χ0v) is 16.2. The van der Waals surface area contributed by atoms with Gasteiger partial charge in [-0.25, -0.2) is 0 Å². The van der Waals surface area contributed by atoms with Crippen LogP contribution < -0.4 is 4.90 Å². The molecule has 1 aliphatic heterocycles. The van der Waals surface area contributed by atoms with E-state index < -0.39 is 5.76 Å². The molecule has 0 N–H and O–H groups in total. The first-order chi connectivity index (χ1) is 13.0. The molecule has 2 aromatic rings. The van der Waals surface area contributed by atoms with Crippen molar-refractivity contribution in [3.63, 3.8) is 0 Å². The van der Waals surface area contributed by atoms with Gasteiger partial charge in [-0.15, -0.1) is 0 Å². The Bertz CT molecular complexity index is 744. The highest BCUT2D eigenvalue weighted by Gasteiger charge is 2.14. The fraction of sp³-hybridized carbons (Fsp3) is 0.381. The van der Waals surface area contributed by atoms with E-state index in [-0.39, 0.29) is 5.91 Å². The molecular formula is C21H24F2N2OS. The van der Waals surface area contributed by atoms with E-state index in [1.54, 1.807) is 36.2 Å². The standard InChI is InChI=1S/C21H24F2N2OS/c1-24(20(26)17-7-11-19(12-8-17)27-21(22)23)15-16-5-9-18(10-6-16)25-13-3-2-4-14-25/h5-12,21H,2-4,13-15H2,1H3. The summed E-state index contributed by atoms with van der Waals surface area (Å²) in [4.78, 5) is 17.1. The average Bonchev–Trinajstić information content (AvgIpc) is 2.69. The maximum atomic E-state index is 12.6. The number of rotatable bonds is 6. The van der Waals surface area contributed by atoms with Crippen molar-refractivity contribution in [1.82, 2.24) is 4.90 Å². The predicted molar refractivity (Wildman–Crippen MR) is 107 cm³/mol. The second-order valence-electron chi connectivity index (χ2n) is 6.78. The first kappa shape index (κ1) is 19.7. The molecular weight excluding hydrogens is 366 g/mol. The van der Waals surface area contributed by atoms with E-state index >= 15 is 0 Å². The lowest BCUT2D eigenvalue weighted by Crippen LogP contribution is -2.29. The lowest BCUT2D eigenvalue weighted by Gasteiger charge is -2.29. The maximum Gasteiger partial charge on any atom is 0.288 e. The van der Waals surface area contributed by atoms with Crippen molar-refractivity contribution < 1.29 is 13.6 Å². The molecule has 27 heavy (non-hydrogen) atoms. The van der Waals surface area contributed by atoms with Crippen molar-refractivity contribution in [1.29, 1.82) is 0 Å². The van der Waals surface area contributed by atoms with Crippen molar-refractivity contribution in [2.75, 3.05) is 25.0 Å². The minimum absolute atomic E-state index is 0.122. The first-order valence-electron chi connectivity index (χ1n) is 9.17. The second kappa shape index (κ2) is 9.22. The van der Waals surface area contributed by atoms with Gasteiger partial charge in [0.1, 0.15) is 0 Å². The van der Waals surface area contributed by atoms with Crippen molar-refractivity contribution in [3.8, 4) is 0 Å². The minimum Gasteiger partial charge on any atom is -0.372 e. The summed E-state index contributed by atoms with van der Waals surface area (Å²) in [6.45, 7) is 2.72. The quantitative estimate of drug-likeness (QED) is 0.628. The molecule has 1 saturated heterocycles. The number of piperidine rings is 1. The molecule has 1 heterocycles. The van der Waals surface area contributed by atoms with Crippen LogP contribution in [0, 0.1) is 0 Å². The Morgan fingerprint density at radius 1 is 1.04 bits per heavy atom. The molecule has 1 aliphatic rings. The van der Waals surface area contributed by atoms with Gasteiger partial charge in [-0.1, -0.05) is 23.9 Å². The molecule has 1 amide bonds. The Labute approximate surface area is 163 Å². The normalized spacial score (nSPS) is 14.4. The molecule has 144 valence electrons. The molecule has 0 atom stereocenters. The number of alkyl halides is 2. The summed E-state index contributed by atoms with van der Waals surface area (Å²) in [5, 5.41) is 0. The van der Waals surface area contributed by atoms with Crippen LogP contribution in [-0.2, 0) is 6.54 Å². The molecule has 0 spiro atoms. The minimum atomic E-state index is -2.46. The summed E-state index contributed by atoms with van der Waals surface area (Å²) in [5.41, 5.74) is 2.80. The third-order valence-electron chi connectivity index (χ3n) is 4.75. The molecule has 0 aliphatic carbocycles. The first-order valence-corrected chi connectivity index (χ1v) is 10.0. The van der Waals surface area contributed by atoms with Crippen LogP contribution in [0.2, 0.25) is 0 Å². The fourth-order valence-corrected chi connectivity index (χ4v) is 3.81. The number of halogens is 2. The monoisotopic (exact) mass is 390 g/mol. The molecule has 1 fully saturated rings. The number of nitrogens with zero attached hydrogens (tertiary/aromatic N) is 2. The van der Waals surface area contributed by atoms with Crippen LogP contribution in [0.3, 0.4) is 0 Å². The number of amides is 1.